The third-order valence-corrected chi connectivity index (χ3v) is 6.22. The highest BCUT2D eigenvalue weighted by Crippen LogP contribution is 2.24. The van der Waals surface area contributed by atoms with Crippen LogP contribution in [0.5, 0.6) is 17.2 Å². The third-order valence-electron chi connectivity index (χ3n) is 5.40. The van der Waals surface area contributed by atoms with Crippen LogP contribution in [0.4, 0.5) is 0 Å². The van der Waals surface area contributed by atoms with Crippen LogP contribution in [0, 0.1) is 0 Å². The summed E-state index contributed by atoms with van der Waals surface area (Å²) in [5.74, 6) is 0.378. The number of halogens is 2. The molecule has 4 aromatic rings. The van der Waals surface area contributed by atoms with Crippen molar-refractivity contribution in [2.75, 3.05) is 0 Å². The summed E-state index contributed by atoms with van der Waals surface area (Å²) in [5.41, 5.74) is 4.21. The Balaban J connectivity index is 1.31. The van der Waals surface area contributed by atoms with Crippen LogP contribution in [0.2, 0.25) is 5.02 Å². The lowest BCUT2D eigenvalue weighted by Crippen LogP contribution is -2.33. The molecule has 9 heteroatoms. The fraction of sp³-hybridized carbons (Fsp3) is 0.100. The zero-order valence-corrected chi connectivity index (χ0v) is 23.2. The fourth-order valence-electron chi connectivity index (χ4n) is 3.36. The first kappa shape index (κ1) is 27.9. The Bertz CT molecular complexity index is 1460. The second-order valence-corrected chi connectivity index (χ2v) is 9.61. The summed E-state index contributed by atoms with van der Waals surface area (Å²) in [6, 6.07) is 28.5. The van der Waals surface area contributed by atoms with Crippen molar-refractivity contribution in [2.45, 2.75) is 19.6 Å². The molecule has 0 aliphatic rings. The number of carbonyl (C=O) groups excluding carboxylic acids is 2. The highest BCUT2D eigenvalue weighted by molar-refractivity contribution is 9.10. The predicted molar refractivity (Wildman–Crippen MR) is 154 cm³/mol. The van der Waals surface area contributed by atoms with Crippen molar-refractivity contribution in [1.82, 2.24) is 5.43 Å². The number of amides is 1. The molecular formula is C30H24BrClN2O5. The van der Waals surface area contributed by atoms with E-state index in [2.05, 4.69) is 26.5 Å². The van der Waals surface area contributed by atoms with E-state index >= 15 is 0 Å². The average Bonchev–Trinajstić information content (AvgIpc) is 2.94. The van der Waals surface area contributed by atoms with Gasteiger partial charge in [-0.15, -0.1) is 0 Å². The maximum atomic E-state index is 12.6. The minimum atomic E-state index is -0.821. The molecule has 0 aromatic heterocycles. The van der Waals surface area contributed by atoms with Crippen LogP contribution in [0.15, 0.2) is 107 Å². The van der Waals surface area contributed by atoms with Crippen molar-refractivity contribution in [3.05, 3.63) is 123 Å². The molecule has 198 valence electrons. The van der Waals surface area contributed by atoms with Crippen molar-refractivity contribution in [2.24, 2.45) is 5.10 Å². The quantitative estimate of drug-likeness (QED) is 0.0926. The van der Waals surface area contributed by atoms with E-state index < -0.39 is 18.0 Å². The third kappa shape index (κ3) is 8.17. The van der Waals surface area contributed by atoms with Gasteiger partial charge in [0.05, 0.1) is 16.8 Å². The number of esters is 1. The van der Waals surface area contributed by atoms with Gasteiger partial charge in [0.2, 0.25) is 0 Å². The number of benzene rings is 4. The minimum absolute atomic E-state index is 0.236. The van der Waals surface area contributed by atoms with Crippen LogP contribution >= 0.6 is 27.5 Å². The molecule has 0 bridgehead atoms. The number of ether oxygens (including phenoxy) is 3. The summed E-state index contributed by atoms with van der Waals surface area (Å²) in [6.07, 6.45) is 0.557. The predicted octanol–water partition coefficient (Wildman–Crippen LogP) is 6.82. The smallest absolute Gasteiger partial charge is 0.345 e. The molecule has 0 unspecified atom stereocenters. The molecule has 0 spiro atoms. The molecule has 0 aliphatic carbocycles. The van der Waals surface area contributed by atoms with E-state index in [1.165, 1.54) is 6.21 Å². The molecule has 0 aliphatic heterocycles. The SMILES string of the molecule is C[C@H](Oc1ccc(OCc2ccccc2)cc1)C(=O)N/N=C\c1cc(Br)ccc1OC(=O)c1ccccc1Cl. The van der Waals surface area contributed by atoms with Gasteiger partial charge in [-0.05, 0) is 67.1 Å². The topological polar surface area (TPSA) is 86.2 Å². The largest absolute Gasteiger partial charge is 0.489 e. The first-order valence-corrected chi connectivity index (χ1v) is 13.1. The second kappa shape index (κ2) is 13.6. The number of carbonyl (C=O) groups is 2. The molecule has 39 heavy (non-hydrogen) atoms. The zero-order chi connectivity index (χ0) is 27.6. The molecule has 1 amide bonds. The second-order valence-electron chi connectivity index (χ2n) is 8.29. The molecular weight excluding hydrogens is 584 g/mol. The molecule has 1 atom stereocenters. The van der Waals surface area contributed by atoms with E-state index in [4.69, 9.17) is 25.8 Å². The molecule has 7 nitrogen and oxygen atoms in total. The highest BCUT2D eigenvalue weighted by atomic mass is 79.9. The number of rotatable bonds is 10. The van der Waals surface area contributed by atoms with Gasteiger partial charge < -0.3 is 14.2 Å². The van der Waals surface area contributed by atoms with Gasteiger partial charge in [-0.3, -0.25) is 4.79 Å². The molecule has 0 saturated heterocycles. The first-order valence-electron chi connectivity index (χ1n) is 11.9. The van der Waals surface area contributed by atoms with Gasteiger partial charge >= 0.3 is 5.97 Å². The molecule has 1 N–H and O–H groups in total. The van der Waals surface area contributed by atoms with E-state index in [1.807, 2.05) is 30.3 Å². The Kier molecular flexibility index (Phi) is 9.72. The minimum Gasteiger partial charge on any atom is -0.489 e. The summed E-state index contributed by atoms with van der Waals surface area (Å²) < 4.78 is 17.8. The van der Waals surface area contributed by atoms with Crippen LogP contribution in [0.25, 0.3) is 0 Å². The van der Waals surface area contributed by atoms with Gasteiger partial charge in [0, 0.05) is 10.0 Å². The highest BCUT2D eigenvalue weighted by Gasteiger charge is 2.16. The van der Waals surface area contributed by atoms with Crippen LogP contribution in [-0.4, -0.2) is 24.2 Å². The number of nitrogens with zero attached hydrogens (tertiary/aromatic N) is 1. The standard InChI is InChI=1S/C30H24BrClN2O5/c1-20(38-25-14-12-24(13-15-25)37-19-21-7-3-2-4-8-21)29(35)34-33-18-22-17-23(31)11-16-28(22)39-30(36)26-9-5-6-10-27(26)32/h2-18,20H,19H2,1H3,(H,34,35)/b33-18-/t20-/m0/s1. The van der Waals surface area contributed by atoms with Gasteiger partial charge in [-0.2, -0.15) is 5.10 Å². The van der Waals surface area contributed by atoms with E-state index in [0.717, 1.165) is 10.0 Å². The summed E-state index contributed by atoms with van der Waals surface area (Å²) in [6.45, 7) is 2.07. The summed E-state index contributed by atoms with van der Waals surface area (Å²) in [5, 5.41) is 4.29. The summed E-state index contributed by atoms with van der Waals surface area (Å²) in [4.78, 5) is 25.1. The number of hydrogen-bond acceptors (Lipinski definition) is 6. The molecule has 4 rings (SSSR count). The van der Waals surface area contributed by atoms with Crippen LogP contribution in [0.1, 0.15) is 28.4 Å². The monoisotopic (exact) mass is 606 g/mol. The van der Waals surface area contributed by atoms with Crippen molar-refractivity contribution < 1.29 is 23.8 Å². The lowest BCUT2D eigenvalue weighted by molar-refractivity contribution is -0.127. The summed E-state index contributed by atoms with van der Waals surface area (Å²) >= 11 is 9.49. The summed E-state index contributed by atoms with van der Waals surface area (Å²) in [7, 11) is 0. The van der Waals surface area contributed by atoms with Crippen molar-refractivity contribution in [3.8, 4) is 17.2 Å². The first-order chi connectivity index (χ1) is 18.9. The van der Waals surface area contributed by atoms with Gasteiger partial charge in [-0.1, -0.05) is 70.0 Å². The van der Waals surface area contributed by atoms with E-state index in [0.29, 0.717) is 23.7 Å². The van der Waals surface area contributed by atoms with Gasteiger partial charge in [0.15, 0.2) is 6.10 Å². The van der Waals surface area contributed by atoms with Gasteiger partial charge in [0.25, 0.3) is 5.91 Å². The Morgan fingerprint density at radius 3 is 2.38 bits per heavy atom. The van der Waals surface area contributed by atoms with Crippen LogP contribution < -0.4 is 19.6 Å². The fourth-order valence-corrected chi connectivity index (χ4v) is 3.96. The number of nitrogens with one attached hydrogen (secondary N) is 1. The van der Waals surface area contributed by atoms with Gasteiger partial charge in [0.1, 0.15) is 23.9 Å². The molecule has 0 fully saturated rings. The Labute approximate surface area is 239 Å². The van der Waals surface area contributed by atoms with Crippen LogP contribution in [-0.2, 0) is 11.4 Å². The molecule has 0 saturated carbocycles. The number of hydrogen-bond donors (Lipinski definition) is 1. The normalized spacial score (nSPS) is 11.6. The van der Waals surface area contributed by atoms with Crippen molar-refractivity contribution >= 4 is 45.6 Å². The van der Waals surface area contributed by atoms with Crippen LogP contribution in [0.3, 0.4) is 0 Å². The maximum Gasteiger partial charge on any atom is 0.345 e. The van der Waals surface area contributed by atoms with E-state index in [1.54, 1.807) is 73.7 Å². The van der Waals surface area contributed by atoms with E-state index in [9.17, 15) is 9.59 Å². The zero-order valence-electron chi connectivity index (χ0n) is 20.8. The maximum absolute atomic E-state index is 12.6. The number of hydrazone groups is 1. The Hall–Kier alpha value is -4.14. The Morgan fingerprint density at radius 1 is 0.949 bits per heavy atom. The molecule has 0 radical (unpaired) electrons. The lowest BCUT2D eigenvalue weighted by Gasteiger charge is -2.14. The van der Waals surface area contributed by atoms with E-state index in [-0.39, 0.29) is 16.3 Å². The van der Waals surface area contributed by atoms with Crippen molar-refractivity contribution in [1.29, 1.82) is 0 Å². The molecule has 4 aromatic carbocycles. The Morgan fingerprint density at radius 2 is 1.64 bits per heavy atom. The lowest BCUT2D eigenvalue weighted by atomic mass is 10.2. The molecule has 0 heterocycles. The average molecular weight is 608 g/mol. The van der Waals surface area contributed by atoms with Crippen molar-refractivity contribution in [3.63, 3.8) is 0 Å². The van der Waals surface area contributed by atoms with Gasteiger partial charge in [-0.25, -0.2) is 10.2 Å².